The van der Waals surface area contributed by atoms with Gasteiger partial charge in [0.2, 0.25) is 0 Å². The molecule has 10 rings (SSSR count). The Morgan fingerprint density at radius 1 is 0.413 bits per heavy atom. The number of hydrogen-bond acceptors (Lipinski definition) is 1. The van der Waals surface area contributed by atoms with E-state index in [1.54, 1.807) is 0 Å². The minimum absolute atomic E-state index is 1.19. The van der Waals surface area contributed by atoms with E-state index in [1.807, 2.05) is 11.3 Å². The zero-order chi connectivity index (χ0) is 30.2. The van der Waals surface area contributed by atoms with Gasteiger partial charge in [-0.25, -0.2) is 0 Å². The molecule has 2 aromatic heterocycles. The molecule has 0 N–H and O–H groups in total. The SMILES string of the molecule is c1ccc(-n2c3cc(-c4c5ccccc5c(-c5cccc6ccccc56)c5ccccc45)ccc3c3c4ccccc4sc32)cc1. The minimum atomic E-state index is 1.19. The third kappa shape index (κ3) is 3.62. The number of thiophene rings is 1. The van der Waals surface area contributed by atoms with Crippen LogP contribution in [0.15, 0.2) is 164 Å². The molecule has 46 heavy (non-hydrogen) atoms. The molecule has 10 aromatic rings. The topological polar surface area (TPSA) is 4.93 Å². The quantitative estimate of drug-likeness (QED) is 0.178. The predicted octanol–water partition coefficient (Wildman–Crippen LogP) is 12.8. The van der Waals surface area contributed by atoms with E-state index in [0.29, 0.717) is 0 Å². The number of aromatic nitrogens is 1. The van der Waals surface area contributed by atoms with Crippen LogP contribution in [0.4, 0.5) is 0 Å². The van der Waals surface area contributed by atoms with Gasteiger partial charge in [0.15, 0.2) is 0 Å². The molecule has 0 fully saturated rings. The molecule has 2 heteroatoms. The van der Waals surface area contributed by atoms with Gasteiger partial charge in [-0.15, -0.1) is 11.3 Å². The third-order valence-corrected chi connectivity index (χ3v) is 10.7. The molecule has 0 amide bonds. The monoisotopic (exact) mass is 601 g/mol. The summed E-state index contributed by atoms with van der Waals surface area (Å²) in [4.78, 5) is 1.29. The second-order valence-electron chi connectivity index (χ2n) is 12.0. The number of benzene rings is 8. The first-order chi connectivity index (χ1) is 22.8. The van der Waals surface area contributed by atoms with Crippen molar-refractivity contribution in [3.05, 3.63) is 164 Å². The van der Waals surface area contributed by atoms with Crippen LogP contribution in [0.2, 0.25) is 0 Å². The molecule has 0 saturated carbocycles. The molecule has 0 radical (unpaired) electrons. The van der Waals surface area contributed by atoms with E-state index in [2.05, 4.69) is 168 Å². The smallest absolute Gasteiger partial charge is 0.109 e. The van der Waals surface area contributed by atoms with Crippen LogP contribution in [0.25, 0.3) is 91.5 Å². The van der Waals surface area contributed by atoms with Crippen LogP contribution in [0.5, 0.6) is 0 Å². The average Bonchev–Trinajstić information content (AvgIpc) is 3.65. The summed E-state index contributed by atoms with van der Waals surface area (Å²) in [5, 5.41) is 11.6. The standard InChI is InChI=1S/C44H27NS/c1-2-15-30(16-3-1)45-39-27-29(25-26-37(39)43-38-22-10-11-24-40(38)46-44(43)45)41-33-18-6-8-20-35(33)42(36-21-9-7-19-34(36)41)32-23-12-14-28-13-4-5-17-31(28)32/h1-27H. The molecule has 0 aliphatic heterocycles. The van der Waals surface area contributed by atoms with Gasteiger partial charge in [-0.2, -0.15) is 0 Å². The number of rotatable bonds is 3. The average molecular weight is 602 g/mol. The molecule has 2 heterocycles. The van der Waals surface area contributed by atoms with Crippen molar-refractivity contribution in [2.24, 2.45) is 0 Å². The van der Waals surface area contributed by atoms with Gasteiger partial charge in [-0.1, -0.05) is 140 Å². The highest BCUT2D eigenvalue weighted by Crippen LogP contribution is 2.47. The first-order valence-corrected chi connectivity index (χ1v) is 16.6. The Labute approximate surface area is 270 Å². The number of nitrogens with zero attached hydrogens (tertiary/aromatic N) is 1. The van der Waals surface area contributed by atoms with Crippen molar-refractivity contribution in [1.82, 2.24) is 4.57 Å². The maximum absolute atomic E-state index is 2.47. The molecule has 0 spiro atoms. The van der Waals surface area contributed by atoms with E-state index < -0.39 is 0 Å². The van der Waals surface area contributed by atoms with Crippen LogP contribution < -0.4 is 0 Å². The van der Waals surface area contributed by atoms with E-state index in [4.69, 9.17) is 0 Å². The van der Waals surface area contributed by atoms with Crippen LogP contribution in [-0.4, -0.2) is 4.57 Å². The molecular formula is C44H27NS. The summed E-state index contributed by atoms with van der Waals surface area (Å²) in [6.07, 6.45) is 0. The zero-order valence-electron chi connectivity index (χ0n) is 24.9. The van der Waals surface area contributed by atoms with Crippen molar-refractivity contribution < 1.29 is 0 Å². The lowest BCUT2D eigenvalue weighted by Crippen LogP contribution is -1.94. The van der Waals surface area contributed by atoms with Crippen LogP contribution in [0.3, 0.4) is 0 Å². The normalized spacial score (nSPS) is 11.9. The van der Waals surface area contributed by atoms with Gasteiger partial charge in [0.25, 0.3) is 0 Å². The summed E-state index contributed by atoms with van der Waals surface area (Å²) >= 11 is 1.88. The summed E-state index contributed by atoms with van der Waals surface area (Å²) in [6, 6.07) is 60.1. The Bertz CT molecular complexity index is 2740. The predicted molar refractivity (Wildman–Crippen MR) is 200 cm³/mol. The summed E-state index contributed by atoms with van der Waals surface area (Å²) in [6.45, 7) is 0. The molecule has 0 aliphatic rings. The Hall–Kier alpha value is -5.70. The summed E-state index contributed by atoms with van der Waals surface area (Å²) in [5.41, 5.74) is 7.52. The van der Waals surface area contributed by atoms with Crippen molar-refractivity contribution in [3.63, 3.8) is 0 Å². The van der Waals surface area contributed by atoms with Crippen LogP contribution in [0.1, 0.15) is 0 Å². The van der Waals surface area contributed by atoms with Crippen LogP contribution >= 0.6 is 11.3 Å². The summed E-state index contributed by atoms with van der Waals surface area (Å²) in [7, 11) is 0. The fourth-order valence-corrected chi connectivity index (χ4v) is 8.90. The summed E-state index contributed by atoms with van der Waals surface area (Å²) in [5.74, 6) is 0. The van der Waals surface area contributed by atoms with E-state index >= 15 is 0 Å². The number of para-hydroxylation sites is 1. The molecular weight excluding hydrogens is 575 g/mol. The van der Waals surface area contributed by atoms with Crippen LogP contribution in [-0.2, 0) is 0 Å². The molecule has 0 unspecified atom stereocenters. The molecule has 214 valence electrons. The fourth-order valence-electron chi connectivity index (χ4n) is 7.65. The molecule has 0 saturated heterocycles. The van der Waals surface area contributed by atoms with Crippen molar-refractivity contribution in [1.29, 1.82) is 0 Å². The number of hydrogen-bond donors (Lipinski definition) is 0. The second kappa shape index (κ2) is 9.90. The maximum Gasteiger partial charge on any atom is 0.109 e. The minimum Gasteiger partial charge on any atom is -0.301 e. The lowest BCUT2D eigenvalue weighted by atomic mass is 9.84. The van der Waals surface area contributed by atoms with Gasteiger partial charge in [-0.05, 0) is 78.8 Å². The van der Waals surface area contributed by atoms with Gasteiger partial charge in [0.1, 0.15) is 4.83 Å². The summed E-state index contributed by atoms with van der Waals surface area (Å²) < 4.78 is 3.79. The van der Waals surface area contributed by atoms with Gasteiger partial charge in [0.05, 0.1) is 5.52 Å². The van der Waals surface area contributed by atoms with E-state index in [0.717, 1.165) is 0 Å². The molecule has 1 nitrogen and oxygen atoms in total. The Morgan fingerprint density at radius 2 is 1.00 bits per heavy atom. The van der Waals surface area contributed by atoms with E-state index in [-0.39, 0.29) is 0 Å². The van der Waals surface area contributed by atoms with Crippen molar-refractivity contribution in [2.45, 2.75) is 0 Å². The molecule has 0 atom stereocenters. The molecule has 0 aliphatic carbocycles. The van der Waals surface area contributed by atoms with E-state index in [9.17, 15) is 0 Å². The van der Waals surface area contributed by atoms with Crippen molar-refractivity contribution >= 4 is 74.9 Å². The zero-order valence-corrected chi connectivity index (χ0v) is 25.8. The maximum atomic E-state index is 2.47. The Morgan fingerprint density at radius 3 is 1.74 bits per heavy atom. The molecule has 8 aromatic carbocycles. The first kappa shape index (κ1) is 25.6. The second-order valence-corrected chi connectivity index (χ2v) is 13.1. The highest BCUT2D eigenvalue weighted by atomic mass is 32.1. The fraction of sp³-hybridized carbons (Fsp3) is 0. The highest BCUT2D eigenvalue weighted by molar-refractivity contribution is 7.25. The van der Waals surface area contributed by atoms with Gasteiger partial charge in [0, 0.05) is 26.5 Å². The lowest BCUT2D eigenvalue weighted by Gasteiger charge is -2.19. The van der Waals surface area contributed by atoms with Crippen molar-refractivity contribution in [3.8, 4) is 27.9 Å². The Kier molecular flexibility index (Phi) is 5.51. The third-order valence-electron chi connectivity index (χ3n) is 9.58. The van der Waals surface area contributed by atoms with Gasteiger partial charge < -0.3 is 4.57 Å². The lowest BCUT2D eigenvalue weighted by molar-refractivity contribution is 1.19. The van der Waals surface area contributed by atoms with Crippen molar-refractivity contribution in [2.75, 3.05) is 0 Å². The molecule has 0 bridgehead atoms. The van der Waals surface area contributed by atoms with Gasteiger partial charge in [-0.3, -0.25) is 0 Å². The Balaban J connectivity index is 1.33. The van der Waals surface area contributed by atoms with Gasteiger partial charge >= 0.3 is 0 Å². The number of fused-ring (bicyclic) bond motifs is 8. The van der Waals surface area contributed by atoms with E-state index in [1.165, 1.54) is 91.5 Å². The first-order valence-electron chi connectivity index (χ1n) is 15.8. The highest BCUT2D eigenvalue weighted by Gasteiger charge is 2.21. The van der Waals surface area contributed by atoms with Crippen LogP contribution in [0, 0.1) is 0 Å². The largest absolute Gasteiger partial charge is 0.301 e.